The molecule has 0 aliphatic heterocycles. The Morgan fingerprint density at radius 2 is 1.42 bits per heavy atom. The summed E-state index contributed by atoms with van der Waals surface area (Å²) >= 11 is 13.0. The van der Waals surface area contributed by atoms with Gasteiger partial charge in [-0.2, -0.15) is 0 Å². The van der Waals surface area contributed by atoms with E-state index >= 15 is 0 Å². The number of carbonyl (C=O) groups is 2. The summed E-state index contributed by atoms with van der Waals surface area (Å²) in [6.07, 6.45) is 14.4. The zero-order valence-corrected chi connectivity index (χ0v) is 22.6. The maximum atomic E-state index is 13.2. The van der Waals surface area contributed by atoms with Crippen molar-refractivity contribution in [2.45, 2.75) is 77.6 Å². The lowest BCUT2D eigenvalue weighted by Crippen LogP contribution is -2.30. The average molecular weight is 532 g/mol. The van der Waals surface area contributed by atoms with Crippen molar-refractivity contribution in [2.75, 3.05) is 0 Å². The molecule has 0 amide bonds. The van der Waals surface area contributed by atoms with E-state index in [-0.39, 0.29) is 33.4 Å². The van der Waals surface area contributed by atoms with E-state index in [4.69, 9.17) is 32.7 Å². The minimum absolute atomic E-state index is 0.0339. The molecule has 0 spiro atoms. The van der Waals surface area contributed by atoms with Gasteiger partial charge in [-0.3, -0.25) is 4.79 Å². The third-order valence-corrected chi connectivity index (χ3v) is 9.03. The zero-order valence-electron chi connectivity index (χ0n) is 21.1. The van der Waals surface area contributed by atoms with Gasteiger partial charge in [0.25, 0.3) is 0 Å². The predicted molar refractivity (Wildman–Crippen MR) is 146 cm³/mol. The highest BCUT2D eigenvalue weighted by molar-refractivity contribution is 6.45. The number of esters is 2. The largest absolute Gasteiger partial charge is 0.424 e. The van der Waals surface area contributed by atoms with Crippen LogP contribution in [0.3, 0.4) is 0 Å². The molecule has 194 valence electrons. The molecule has 0 radical (unpaired) electrons. The molecule has 2 aliphatic carbocycles. The molecule has 0 N–H and O–H groups in total. The van der Waals surface area contributed by atoms with E-state index in [0.717, 1.165) is 49.5 Å². The van der Waals surface area contributed by atoms with Crippen LogP contribution in [-0.4, -0.2) is 11.9 Å². The number of unbranched alkanes of at least 4 members (excludes halogenated alkanes) is 1. The normalized spacial score (nSPS) is 24.3. The summed E-state index contributed by atoms with van der Waals surface area (Å²) in [7, 11) is 0. The standard InChI is InChI=1S/C30H36Cl2O4/c1-3-5-8-19-11-13-20(14-12-19)21-15-17-22(18-16-21)30(34)36-29-24-10-7-6-9-23(24)28(26(31)27(29)32)35-25(33)4-2/h4,6-7,9-10,19-22H,2-3,5,8,11-18H2,1H3. The Bertz CT molecular complexity index is 1100. The monoisotopic (exact) mass is 530 g/mol. The summed E-state index contributed by atoms with van der Waals surface area (Å²) in [5, 5.41) is 1.21. The maximum Gasteiger partial charge on any atom is 0.335 e. The SMILES string of the molecule is C=CC(=O)Oc1c(Cl)c(Cl)c(OC(=O)C2CCC(C3CCC(CCCC)CC3)CC2)c2ccccc12. The van der Waals surface area contributed by atoms with Crippen LogP contribution in [0.25, 0.3) is 10.8 Å². The molecule has 0 aromatic heterocycles. The molecule has 2 aliphatic rings. The molecule has 4 rings (SSSR count). The number of benzene rings is 2. The van der Waals surface area contributed by atoms with Gasteiger partial charge in [-0.25, -0.2) is 4.79 Å². The third kappa shape index (κ3) is 6.08. The van der Waals surface area contributed by atoms with Gasteiger partial charge in [-0.1, -0.05) is 93.1 Å². The third-order valence-electron chi connectivity index (χ3n) is 8.21. The zero-order chi connectivity index (χ0) is 25.7. The van der Waals surface area contributed by atoms with Crippen molar-refractivity contribution < 1.29 is 19.1 Å². The summed E-state index contributed by atoms with van der Waals surface area (Å²) in [6, 6.07) is 7.13. The van der Waals surface area contributed by atoms with Crippen molar-refractivity contribution in [3.63, 3.8) is 0 Å². The Balaban J connectivity index is 1.40. The highest BCUT2D eigenvalue weighted by Crippen LogP contribution is 2.48. The van der Waals surface area contributed by atoms with Gasteiger partial charge in [0.1, 0.15) is 10.0 Å². The van der Waals surface area contributed by atoms with Gasteiger partial charge in [0.2, 0.25) is 0 Å². The van der Waals surface area contributed by atoms with Gasteiger partial charge in [0.05, 0.1) is 5.92 Å². The summed E-state index contributed by atoms with van der Waals surface area (Å²) in [6.45, 7) is 5.70. The van der Waals surface area contributed by atoms with Gasteiger partial charge in [0.15, 0.2) is 11.5 Å². The summed E-state index contributed by atoms with van der Waals surface area (Å²) in [4.78, 5) is 25.0. The number of ether oxygens (including phenoxy) is 2. The second kappa shape index (κ2) is 12.5. The first-order valence-electron chi connectivity index (χ1n) is 13.4. The molecule has 4 nitrogen and oxygen atoms in total. The Labute approximate surface area is 224 Å². The van der Waals surface area contributed by atoms with Crippen molar-refractivity contribution in [3.05, 3.63) is 47.0 Å². The summed E-state index contributed by atoms with van der Waals surface area (Å²) in [5.74, 6) is 1.74. The van der Waals surface area contributed by atoms with E-state index in [1.165, 1.54) is 44.9 Å². The fourth-order valence-electron chi connectivity index (χ4n) is 6.11. The van der Waals surface area contributed by atoms with E-state index < -0.39 is 5.97 Å². The van der Waals surface area contributed by atoms with E-state index in [1.807, 2.05) is 6.07 Å². The minimum Gasteiger partial charge on any atom is -0.424 e. The molecule has 0 unspecified atom stereocenters. The van der Waals surface area contributed by atoms with Crippen LogP contribution in [0.5, 0.6) is 11.5 Å². The molecule has 2 aromatic rings. The average Bonchev–Trinajstić information content (AvgIpc) is 2.92. The maximum absolute atomic E-state index is 13.2. The van der Waals surface area contributed by atoms with Crippen molar-refractivity contribution in [1.82, 2.24) is 0 Å². The molecule has 2 aromatic carbocycles. The van der Waals surface area contributed by atoms with Crippen LogP contribution < -0.4 is 9.47 Å². The molecular weight excluding hydrogens is 495 g/mol. The van der Waals surface area contributed by atoms with Gasteiger partial charge in [-0.05, 0) is 56.3 Å². The number of carbonyl (C=O) groups excluding carboxylic acids is 2. The lowest BCUT2D eigenvalue weighted by atomic mass is 9.68. The van der Waals surface area contributed by atoms with Crippen LogP contribution in [0.15, 0.2) is 36.9 Å². The summed E-state index contributed by atoms with van der Waals surface area (Å²) < 4.78 is 11.2. The van der Waals surface area contributed by atoms with E-state index in [9.17, 15) is 9.59 Å². The topological polar surface area (TPSA) is 52.6 Å². The number of halogens is 2. The Hall–Kier alpha value is -2.04. The van der Waals surface area contributed by atoms with Crippen molar-refractivity contribution in [1.29, 1.82) is 0 Å². The number of hydrogen-bond acceptors (Lipinski definition) is 4. The highest BCUT2D eigenvalue weighted by Gasteiger charge is 2.34. The Morgan fingerprint density at radius 1 is 0.889 bits per heavy atom. The van der Waals surface area contributed by atoms with Gasteiger partial charge < -0.3 is 9.47 Å². The molecular formula is C30H36Cl2O4. The number of rotatable bonds is 8. The highest BCUT2D eigenvalue weighted by atomic mass is 35.5. The molecule has 0 saturated heterocycles. The van der Waals surface area contributed by atoms with Crippen molar-refractivity contribution in [3.8, 4) is 11.5 Å². The first-order chi connectivity index (χ1) is 17.4. The smallest absolute Gasteiger partial charge is 0.335 e. The van der Waals surface area contributed by atoms with Gasteiger partial charge in [0, 0.05) is 16.8 Å². The first kappa shape index (κ1) is 27.0. The molecule has 0 heterocycles. The molecule has 0 atom stereocenters. The van der Waals surface area contributed by atoms with Crippen LogP contribution in [-0.2, 0) is 9.59 Å². The fraction of sp³-hybridized carbons (Fsp3) is 0.533. The number of fused-ring (bicyclic) bond motifs is 1. The van der Waals surface area contributed by atoms with E-state index in [2.05, 4.69) is 13.5 Å². The first-order valence-corrected chi connectivity index (χ1v) is 14.1. The van der Waals surface area contributed by atoms with Crippen LogP contribution >= 0.6 is 23.2 Å². The van der Waals surface area contributed by atoms with Crippen LogP contribution in [0.4, 0.5) is 0 Å². The molecule has 2 saturated carbocycles. The van der Waals surface area contributed by atoms with Crippen molar-refractivity contribution in [2.24, 2.45) is 23.7 Å². The lowest BCUT2D eigenvalue weighted by Gasteiger charge is -2.37. The second-order valence-corrected chi connectivity index (χ2v) is 11.2. The minimum atomic E-state index is -0.644. The van der Waals surface area contributed by atoms with Crippen molar-refractivity contribution >= 4 is 45.9 Å². The van der Waals surface area contributed by atoms with Gasteiger partial charge >= 0.3 is 11.9 Å². The molecule has 2 fully saturated rings. The van der Waals surface area contributed by atoms with Crippen LogP contribution in [0.1, 0.15) is 77.6 Å². The van der Waals surface area contributed by atoms with E-state index in [1.54, 1.807) is 18.2 Å². The fourth-order valence-corrected chi connectivity index (χ4v) is 6.56. The van der Waals surface area contributed by atoms with Crippen LogP contribution in [0, 0.1) is 23.7 Å². The van der Waals surface area contributed by atoms with E-state index in [0.29, 0.717) is 10.8 Å². The Kier molecular flexibility index (Phi) is 9.35. The Morgan fingerprint density at radius 3 is 1.94 bits per heavy atom. The summed E-state index contributed by atoms with van der Waals surface area (Å²) in [5.41, 5.74) is 0. The second-order valence-electron chi connectivity index (χ2n) is 10.4. The molecule has 0 bridgehead atoms. The predicted octanol–water partition coefficient (Wildman–Crippen LogP) is 8.95. The van der Waals surface area contributed by atoms with Gasteiger partial charge in [-0.15, -0.1) is 0 Å². The number of hydrogen-bond donors (Lipinski definition) is 0. The molecule has 6 heteroatoms. The quantitative estimate of drug-likeness (QED) is 0.194. The molecule has 36 heavy (non-hydrogen) atoms. The lowest BCUT2D eigenvalue weighted by molar-refractivity contribution is -0.140. The van der Waals surface area contributed by atoms with Crippen LogP contribution in [0.2, 0.25) is 10.0 Å².